The number of nitrogens with zero attached hydrogens (tertiary/aromatic N) is 1. The molecule has 1 aliphatic heterocycles. The minimum atomic E-state index is -0.432. The number of fused-ring (bicyclic) bond motifs is 2. The summed E-state index contributed by atoms with van der Waals surface area (Å²) in [7, 11) is 5.49. The van der Waals surface area contributed by atoms with Crippen LogP contribution in [0.4, 0.5) is 0 Å². The molecule has 1 aromatic rings. The molecule has 1 unspecified atom stereocenters. The molecular weight excluding hydrogens is 306 g/mol. The molecule has 0 N–H and O–H groups in total. The Labute approximate surface area is 141 Å². The number of ether oxygens (including phenoxy) is 3. The molecule has 0 aromatic heterocycles. The highest BCUT2D eigenvalue weighted by atomic mass is 16.6. The zero-order valence-corrected chi connectivity index (χ0v) is 14.1. The minimum Gasteiger partial charge on any atom is -0.497 e. The average molecular weight is 327 g/mol. The zero-order valence-electron chi connectivity index (χ0n) is 14.1. The van der Waals surface area contributed by atoms with Gasteiger partial charge in [-0.2, -0.15) is 0 Å². The molecule has 1 aromatic carbocycles. The number of hydrogen-bond donors (Lipinski definition) is 0. The van der Waals surface area contributed by atoms with Crippen molar-refractivity contribution in [2.75, 3.05) is 34.4 Å². The predicted molar refractivity (Wildman–Crippen MR) is 91.1 cm³/mol. The Morgan fingerprint density at radius 3 is 2.71 bits per heavy atom. The topological polar surface area (TPSA) is 48.0 Å². The van der Waals surface area contributed by atoms with E-state index in [2.05, 4.69) is 0 Å². The smallest absolute Gasteiger partial charge is 0.374 e. The van der Waals surface area contributed by atoms with E-state index in [0.717, 1.165) is 21.8 Å². The van der Waals surface area contributed by atoms with Crippen LogP contribution >= 0.6 is 0 Å². The number of allylic oxidation sites excluding steroid dienone is 1. The van der Waals surface area contributed by atoms with Crippen molar-refractivity contribution in [3.8, 4) is 0 Å². The third-order valence-electron chi connectivity index (χ3n) is 3.96. The summed E-state index contributed by atoms with van der Waals surface area (Å²) in [6, 6.07) is 7.69. The lowest BCUT2D eigenvalue weighted by Crippen LogP contribution is -2.41. The van der Waals surface area contributed by atoms with Crippen molar-refractivity contribution in [1.29, 1.82) is 0 Å². The molecule has 5 heteroatoms. The van der Waals surface area contributed by atoms with Crippen LogP contribution in [0, 0.1) is 0 Å². The van der Waals surface area contributed by atoms with Crippen LogP contribution in [-0.2, 0) is 19.0 Å². The molecule has 1 heterocycles. The Balaban J connectivity index is 2.02. The molecule has 0 amide bonds. The number of benzene rings is 1. The number of esters is 1. The average Bonchev–Trinajstić information content (AvgIpc) is 2.60. The van der Waals surface area contributed by atoms with Gasteiger partial charge in [0, 0.05) is 17.3 Å². The van der Waals surface area contributed by atoms with Crippen molar-refractivity contribution in [2.45, 2.75) is 6.10 Å². The minimum absolute atomic E-state index is 0.261. The number of likely N-dealkylation sites (N-methyl/N-ethyl adjacent to an activating group) is 1. The summed E-state index contributed by atoms with van der Waals surface area (Å²) in [5, 5.41) is 1.72. The molecule has 1 atom stereocenters. The summed E-state index contributed by atoms with van der Waals surface area (Å²) in [6.07, 6.45) is 5.36. The van der Waals surface area contributed by atoms with Crippen LogP contribution in [0.1, 0.15) is 0 Å². The first kappa shape index (κ1) is 16.3. The molecule has 0 spiro atoms. The second-order valence-corrected chi connectivity index (χ2v) is 5.92. The van der Waals surface area contributed by atoms with Gasteiger partial charge in [-0.25, -0.2) is 4.79 Å². The maximum Gasteiger partial charge on any atom is 0.374 e. The standard InChI is InChI=1S/C19H21NO4/c1-20(2)10-11-23-19(21)18-15-7-5-4-6-14(15)16-12-13(22-3)8-9-17(16)24-18/h4-9,12,17H,10-11H2,1-3H3. The predicted octanol–water partition coefficient (Wildman–Crippen LogP) is 0.549. The van der Waals surface area contributed by atoms with Gasteiger partial charge in [0.2, 0.25) is 5.76 Å². The first-order valence-electron chi connectivity index (χ1n) is 7.86. The van der Waals surface area contributed by atoms with E-state index < -0.39 is 5.97 Å². The highest BCUT2D eigenvalue weighted by Crippen LogP contribution is 2.24. The van der Waals surface area contributed by atoms with Crippen molar-refractivity contribution in [1.82, 2.24) is 4.90 Å². The van der Waals surface area contributed by atoms with Crippen LogP contribution in [0.2, 0.25) is 0 Å². The summed E-state index contributed by atoms with van der Waals surface area (Å²) in [5.41, 5.74) is 0.981. The molecule has 0 saturated heterocycles. The van der Waals surface area contributed by atoms with Crippen LogP contribution in [0.5, 0.6) is 0 Å². The Bertz CT molecular complexity index is 820. The van der Waals surface area contributed by atoms with Gasteiger partial charge in [-0.15, -0.1) is 0 Å². The molecule has 24 heavy (non-hydrogen) atoms. The number of hydrogen-bond acceptors (Lipinski definition) is 5. The third kappa shape index (κ3) is 3.21. The fraction of sp³-hybridized carbons (Fsp3) is 0.316. The van der Waals surface area contributed by atoms with E-state index >= 15 is 0 Å². The molecule has 5 nitrogen and oxygen atoms in total. The lowest BCUT2D eigenvalue weighted by molar-refractivity contribution is -0.139. The Morgan fingerprint density at radius 2 is 2.00 bits per heavy atom. The molecule has 0 radical (unpaired) electrons. The van der Waals surface area contributed by atoms with Crippen LogP contribution in [0.25, 0.3) is 11.3 Å². The van der Waals surface area contributed by atoms with Crippen molar-refractivity contribution >= 4 is 17.3 Å². The number of methoxy groups -OCH3 is 1. The van der Waals surface area contributed by atoms with Gasteiger partial charge >= 0.3 is 5.97 Å². The molecule has 126 valence electrons. The van der Waals surface area contributed by atoms with Crippen LogP contribution in [0.3, 0.4) is 0 Å². The SMILES string of the molecule is COC1=CC2=c3ccccc3=C(C(=O)OCCN(C)C)OC2C=C1. The van der Waals surface area contributed by atoms with E-state index in [1.54, 1.807) is 7.11 Å². The van der Waals surface area contributed by atoms with Crippen molar-refractivity contribution in [2.24, 2.45) is 0 Å². The maximum atomic E-state index is 12.5. The van der Waals surface area contributed by atoms with Gasteiger partial charge in [0.05, 0.1) is 7.11 Å². The Kier molecular flexibility index (Phi) is 4.71. The monoisotopic (exact) mass is 327 g/mol. The fourth-order valence-electron chi connectivity index (χ4n) is 2.70. The summed E-state index contributed by atoms with van der Waals surface area (Å²) < 4.78 is 16.6. The van der Waals surface area contributed by atoms with Gasteiger partial charge in [-0.05, 0) is 37.5 Å². The summed E-state index contributed by atoms with van der Waals surface area (Å²) >= 11 is 0. The van der Waals surface area contributed by atoms with Crippen molar-refractivity contribution in [3.05, 3.63) is 58.7 Å². The molecular formula is C19H21NO4. The highest BCUT2D eigenvalue weighted by Gasteiger charge is 2.27. The normalized spacial score (nSPS) is 18.5. The Morgan fingerprint density at radius 1 is 1.25 bits per heavy atom. The zero-order chi connectivity index (χ0) is 17.1. The lowest BCUT2D eigenvalue weighted by Gasteiger charge is -2.25. The van der Waals surface area contributed by atoms with Crippen LogP contribution in [0.15, 0.2) is 48.3 Å². The van der Waals surface area contributed by atoms with Gasteiger partial charge < -0.3 is 19.1 Å². The van der Waals surface area contributed by atoms with Crippen molar-refractivity contribution in [3.63, 3.8) is 0 Å². The molecule has 0 bridgehead atoms. The van der Waals surface area contributed by atoms with Gasteiger partial charge in [0.15, 0.2) is 0 Å². The second kappa shape index (κ2) is 6.93. The molecule has 3 rings (SSSR count). The number of carbonyl (C=O) groups is 1. The quantitative estimate of drug-likeness (QED) is 0.739. The largest absolute Gasteiger partial charge is 0.497 e. The fourth-order valence-corrected chi connectivity index (χ4v) is 2.70. The van der Waals surface area contributed by atoms with E-state index in [0.29, 0.717) is 13.2 Å². The van der Waals surface area contributed by atoms with Crippen LogP contribution in [-0.4, -0.2) is 51.3 Å². The molecule has 0 fully saturated rings. The summed E-state index contributed by atoms with van der Waals surface area (Å²) in [5.74, 6) is 0.590. The van der Waals surface area contributed by atoms with Crippen LogP contribution < -0.4 is 10.4 Å². The van der Waals surface area contributed by atoms with Gasteiger partial charge in [0.1, 0.15) is 18.5 Å². The summed E-state index contributed by atoms with van der Waals surface area (Å²) in [6.45, 7) is 0.993. The van der Waals surface area contributed by atoms with Gasteiger partial charge in [-0.3, -0.25) is 0 Å². The lowest BCUT2D eigenvalue weighted by atomic mass is 9.97. The number of carbonyl (C=O) groups excluding carboxylic acids is 1. The molecule has 0 saturated carbocycles. The van der Waals surface area contributed by atoms with Gasteiger partial charge in [0.25, 0.3) is 0 Å². The van der Waals surface area contributed by atoms with Crippen molar-refractivity contribution < 1.29 is 19.0 Å². The van der Waals surface area contributed by atoms with E-state index in [1.807, 2.05) is 61.5 Å². The highest BCUT2D eigenvalue weighted by molar-refractivity contribution is 6.07. The summed E-state index contributed by atoms with van der Waals surface area (Å²) in [4.78, 5) is 14.4. The third-order valence-corrected chi connectivity index (χ3v) is 3.96. The van der Waals surface area contributed by atoms with E-state index in [4.69, 9.17) is 14.2 Å². The van der Waals surface area contributed by atoms with E-state index in [1.165, 1.54) is 0 Å². The first-order chi connectivity index (χ1) is 11.6. The van der Waals surface area contributed by atoms with Gasteiger partial charge in [-0.1, -0.05) is 24.3 Å². The second-order valence-electron chi connectivity index (χ2n) is 5.92. The van der Waals surface area contributed by atoms with E-state index in [-0.39, 0.29) is 11.9 Å². The van der Waals surface area contributed by atoms with E-state index in [9.17, 15) is 4.79 Å². The number of rotatable bonds is 5. The molecule has 1 aliphatic carbocycles. The maximum absolute atomic E-state index is 12.5. The Hall–Kier alpha value is -2.53. The molecule has 2 aliphatic rings. The first-order valence-corrected chi connectivity index (χ1v) is 7.86.